The summed E-state index contributed by atoms with van der Waals surface area (Å²) in [7, 11) is 0. The van der Waals surface area contributed by atoms with E-state index in [9.17, 15) is 4.79 Å². The molecule has 1 aliphatic rings. The summed E-state index contributed by atoms with van der Waals surface area (Å²) < 4.78 is 0. The molecule has 0 aromatic heterocycles. The van der Waals surface area contributed by atoms with Crippen molar-refractivity contribution in [2.75, 3.05) is 13.1 Å². The lowest BCUT2D eigenvalue weighted by molar-refractivity contribution is -0.126. The first-order chi connectivity index (χ1) is 7.56. The second-order valence-electron chi connectivity index (χ2n) is 5.02. The van der Waals surface area contributed by atoms with Gasteiger partial charge in [0.25, 0.3) is 0 Å². The molecule has 0 aliphatic carbocycles. The van der Waals surface area contributed by atoms with Gasteiger partial charge in [0, 0.05) is 0 Å². The second kappa shape index (κ2) is 5.62. The number of hydrogen-bond acceptors (Lipinski definition) is 2. The molecule has 0 aromatic carbocycles. The molecule has 16 heavy (non-hydrogen) atoms. The molecule has 0 spiro atoms. The molecule has 92 valence electrons. The Morgan fingerprint density at radius 1 is 1.19 bits per heavy atom. The van der Waals surface area contributed by atoms with E-state index in [0.29, 0.717) is 5.78 Å². The summed E-state index contributed by atoms with van der Waals surface area (Å²) in [5.41, 5.74) is 0.879. The van der Waals surface area contributed by atoms with Gasteiger partial charge in [-0.3, -0.25) is 9.69 Å². The van der Waals surface area contributed by atoms with Crippen LogP contribution in [0.4, 0.5) is 0 Å². The van der Waals surface area contributed by atoms with Crippen molar-refractivity contribution in [3.63, 3.8) is 0 Å². The van der Waals surface area contributed by atoms with Crippen LogP contribution < -0.4 is 0 Å². The number of allylic oxidation sites excluding steroid dienone is 1. The van der Waals surface area contributed by atoms with Gasteiger partial charge in [-0.2, -0.15) is 0 Å². The standard InChI is InChI=1S/C14H25NO/c1-5-14(6-2,13(16)11-12(3)4)15-9-7-8-10-15/h11H,5-10H2,1-4H3. The monoisotopic (exact) mass is 223 g/mol. The molecule has 1 rings (SSSR count). The van der Waals surface area contributed by atoms with Crippen LogP contribution >= 0.6 is 0 Å². The van der Waals surface area contributed by atoms with Gasteiger partial charge in [0.2, 0.25) is 0 Å². The number of likely N-dealkylation sites (tertiary alicyclic amines) is 1. The molecule has 1 fully saturated rings. The third-order valence-corrected chi connectivity index (χ3v) is 3.76. The van der Waals surface area contributed by atoms with E-state index < -0.39 is 0 Å². The van der Waals surface area contributed by atoms with Crippen LogP contribution in [-0.2, 0) is 4.79 Å². The summed E-state index contributed by atoms with van der Waals surface area (Å²) in [5.74, 6) is 0.305. The smallest absolute Gasteiger partial charge is 0.175 e. The van der Waals surface area contributed by atoms with Crippen molar-refractivity contribution in [2.24, 2.45) is 0 Å². The van der Waals surface area contributed by atoms with Gasteiger partial charge in [0.15, 0.2) is 5.78 Å². The highest BCUT2D eigenvalue weighted by Crippen LogP contribution is 2.29. The Morgan fingerprint density at radius 2 is 1.69 bits per heavy atom. The predicted octanol–water partition coefficient (Wildman–Crippen LogP) is 3.18. The topological polar surface area (TPSA) is 20.3 Å². The molecule has 0 bridgehead atoms. The SMILES string of the molecule is CCC(CC)(C(=O)C=C(C)C)N1CCCC1. The minimum atomic E-state index is -0.228. The van der Waals surface area contributed by atoms with E-state index in [1.54, 1.807) is 0 Å². The Morgan fingerprint density at radius 3 is 2.06 bits per heavy atom. The number of carbonyl (C=O) groups is 1. The van der Waals surface area contributed by atoms with Gasteiger partial charge < -0.3 is 0 Å². The first kappa shape index (κ1) is 13.4. The summed E-state index contributed by atoms with van der Waals surface area (Å²) in [5, 5.41) is 0. The largest absolute Gasteiger partial charge is 0.293 e. The van der Waals surface area contributed by atoms with Crippen molar-refractivity contribution in [3.8, 4) is 0 Å². The third-order valence-electron chi connectivity index (χ3n) is 3.76. The number of ketones is 1. The Bertz CT molecular complexity index is 266. The molecular formula is C14H25NO. The number of hydrogen-bond donors (Lipinski definition) is 0. The maximum Gasteiger partial charge on any atom is 0.175 e. The van der Waals surface area contributed by atoms with Crippen LogP contribution in [0.2, 0.25) is 0 Å². The van der Waals surface area contributed by atoms with Crippen LogP contribution in [0.3, 0.4) is 0 Å². The summed E-state index contributed by atoms with van der Waals surface area (Å²) in [6, 6.07) is 0. The molecular weight excluding hydrogens is 198 g/mol. The molecule has 0 atom stereocenters. The van der Waals surface area contributed by atoms with Crippen molar-refractivity contribution in [1.29, 1.82) is 0 Å². The molecule has 2 heteroatoms. The molecule has 1 aliphatic heterocycles. The minimum Gasteiger partial charge on any atom is -0.293 e. The first-order valence-electron chi connectivity index (χ1n) is 6.51. The maximum atomic E-state index is 12.4. The van der Waals surface area contributed by atoms with Gasteiger partial charge in [-0.25, -0.2) is 0 Å². The number of carbonyl (C=O) groups excluding carboxylic acids is 1. The van der Waals surface area contributed by atoms with E-state index in [1.165, 1.54) is 12.8 Å². The molecule has 2 nitrogen and oxygen atoms in total. The third kappa shape index (κ3) is 2.54. The Kier molecular flexibility index (Phi) is 4.72. The van der Waals surface area contributed by atoms with Crippen molar-refractivity contribution in [1.82, 2.24) is 4.90 Å². The van der Waals surface area contributed by atoms with Gasteiger partial charge in [-0.1, -0.05) is 19.4 Å². The lowest BCUT2D eigenvalue weighted by Crippen LogP contribution is -2.52. The summed E-state index contributed by atoms with van der Waals surface area (Å²) in [6.45, 7) is 10.4. The van der Waals surface area contributed by atoms with Gasteiger partial charge in [-0.15, -0.1) is 0 Å². The van der Waals surface area contributed by atoms with E-state index >= 15 is 0 Å². The Hall–Kier alpha value is -0.630. The molecule has 0 saturated carbocycles. The van der Waals surface area contributed by atoms with Crippen LogP contribution in [0.15, 0.2) is 11.6 Å². The first-order valence-corrected chi connectivity index (χ1v) is 6.51. The van der Waals surface area contributed by atoms with Crippen molar-refractivity contribution in [3.05, 3.63) is 11.6 Å². The number of rotatable bonds is 5. The normalized spacial score (nSPS) is 17.5. The zero-order chi connectivity index (χ0) is 12.2. The Balaban J connectivity index is 2.94. The van der Waals surface area contributed by atoms with Gasteiger partial charge in [0.1, 0.15) is 0 Å². The van der Waals surface area contributed by atoms with Crippen LogP contribution in [0, 0.1) is 0 Å². The van der Waals surface area contributed by atoms with Crippen molar-refractivity contribution < 1.29 is 4.79 Å². The zero-order valence-electron chi connectivity index (χ0n) is 11.2. The summed E-state index contributed by atoms with van der Waals surface area (Å²) in [4.78, 5) is 14.8. The second-order valence-corrected chi connectivity index (χ2v) is 5.02. The molecule has 1 saturated heterocycles. The highest BCUT2D eigenvalue weighted by atomic mass is 16.1. The van der Waals surface area contributed by atoms with Gasteiger partial charge >= 0.3 is 0 Å². The summed E-state index contributed by atoms with van der Waals surface area (Å²) in [6.07, 6.45) is 6.15. The molecule has 1 heterocycles. The van der Waals surface area contributed by atoms with Gasteiger partial charge in [0.05, 0.1) is 5.54 Å². The quantitative estimate of drug-likeness (QED) is 0.667. The fraction of sp³-hybridized carbons (Fsp3) is 0.786. The molecule has 0 amide bonds. The van der Waals surface area contributed by atoms with Crippen LogP contribution in [-0.4, -0.2) is 29.3 Å². The van der Waals surface area contributed by atoms with Crippen LogP contribution in [0.25, 0.3) is 0 Å². The van der Waals surface area contributed by atoms with E-state index in [4.69, 9.17) is 0 Å². The van der Waals surface area contributed by atoms with Crippen LogP contribution in [0.1, 0.15) is 53.4 Å². The van der Waals surface area contributed by atoms with E-state index in [1.807, 2.05) is 19.9 Å². The van der Waals surface area contributed by atoms with E-state index in [2.05, 4.69) is 18.7 Å². The highest BCUT2D eigenvalue weighted by molar-refractivity contribution is 5.98. The average molecular weight is 223 g/mol. The minimum absolute atomic E-state index is 0.228. The zero-order valence-corrected chi connectivity index (χ0v) is 11.2. The number of nitrogens with zero attached hydrogens (tertiary/aromatic N) is 1. The van der Waals surface area contributed by atoms with Crippen LogP contribution in [0.5, 0.6) is 0 Å². The average Bonchev–Trinajstić information content (AvgIpc) is 2.73. The van der Waals surface area contributed by atoms with E-state index in [0.717, 1.165) is 31.5 Å². The van der Waals surface area contributed by atoms with E-state index in [-0.39, 0.29) is 5.54 Å². The highest BCUT2D eigenvalue weighted by Gasteiger charge is 2.40. The molecule has 0 aromatic rings. The maximum absolute atomic E-state index is 12.4. The fourth-order valence-electron chi connectivity index (χ4n) is 2.74. The molecule has 0 radical (unpaired) electrons. The predicted molar refractivity (Wildman–Crippen MR) is 68.6 cm³/mol. The molecule has 0 unspecified atom stereocenters. The van der Waals surface area contributed by atoms with Crippen molar-refractivity contribution >= 4 is 5.78 Å². The summed E-state index contributed by atoms with van der Waals surface area (Å²) >= 11 is 0. The lowest BCUT2D eigenvalue weighted by Gasteiger charge is -2.38. The van der Waals surface area contributed by atoms with Crippen molar-refractivity contribution in [2.45, 2.75) is 58.9 Å². The molecule has 0 N–H and O–H groups in total. The Labute approximate surface area is 99.7 Å². The fourth-order valence-corrected chi connectivity index (χ4v) is 2.74. The lowest BCUT2D eigenvalue weighted by atomic mass is 9.85. The van der Waals surface area contributed by atoms with Gasteiger partial charge in [-0.05, 0) is 58.7 Å².